The number of piperidine rings is 1. The van der Waals surface area contributed by atoms with Crippen molar-refractivity contribution in [2.45, 2.75) is 32.2 Å². The van der Waals surface area contributed by atoms with E-state index >= 15 is 0 Å². The molecule has 0 saturated carbocycles. The minimum Gasteiger partial charge on any atom is -0.340 e. The van der Waals surface area contributed by atoms with Crippen molar-refractivity contribution in [3.8, 4) is 6.07 Å². The summed E-state index contributed by atoms with van der Waals surface area (Å²) in [6, 6.07) is 10.0. The number of benzene rings is 1. The van der Waals surface area contributed by atoms with Gasteiger partial charge in [0.15, 0.2) is 5.82 Å². The molecule has 1 aliphatic rings. The molecule has 0 spiro atoms. The molecular formula is C16H18N4O. The maximum atomic E-state index is 8.97. The van der Waals surface area contributed by atoms with E-state index in [-0.39, 0.29) is 0 Å². The molecule has 21 heavy (non-hydrogen) atoms. The number of nitrogens with zero attached hydrogens (tertiary/aromatic N) is 4. The van der Waals surface area contributed by atoms with Crippen molar-refractivity contribution in [1.29, 1.82) is 5.26 Å². The molecule has 1 saturated heterocycles. The van der Waals surface area contributed by atoms with E-state index < -0.39 is 0 Å². The van der Waals surface area contributed by atoms with Crippen LogP contribution in [-0.2, 0) is 6.54 Å². The third-order valence-corrected chi connectivity index (χ3v) is 3.88. The number of aryl methyl sites for hydroxylation is 1. The standard InChI is InChI=1S/C16H18N4O/c1-12-18-16(19-21-12)15-6-3-7-20(11-15)10-14-5-2-4-13(8-14)9-17/h2,4-5,8,15H,3,6-7,10-11H2,1H3. The molecule has 2 aromatic rings. The van der Waals surface area contributed by atoms with Crippen molar-refractivity contribution in [3.63, 3.8) is 0 Å². The van der Waals surface area contributed by atoms with Crippen molar-refractivity contribution < 1.29 is 4.52 Å². The van der Waals surface area contributed by atoms with Gasteiger partial charge in [-0.05, 0) is 37.1 Å². The minimum atomic E-state index is 0.343. The van der Waals surface area contributed by atoms with Crippen LogP contribution in [0.2, 0.25) is 0 Å². The van der Waals surface area contributed by atoms with Crippen LogP contribution < -0.4 is 0 Å². The Hall–Kier alpha value is -2.19. The van der Waals surface area contributed by atoms with Crippen LogP contribution >= 0.6 is 0 Å². The van der Waals surface area contributed by atoms with Crippen molar-refractivity contribution in [2.75, 3.05) is 13.1 Å². The van der Waals surface area contributed by atoms with Gasteiger partial charge in [0.1, 0.15) is 0 Å². The second kappa shape index (κ2) is 6.06. The number of hydrogen-bond donors (Lipinski definition) is 0. The summed E-state index contributed by atoms with van der Waals surface area (Å²) < 4.78 is 5.09. The maximum absolute atomic E-state index is 8.97. The molecule has 5 heteroatoms. The van der Waals surface area contributed by atoms with Crippen molar-refractivity contribution in [2.24, 2.45) is 0 Å². The van der Waals surface area contributed by atoms with Crippen LogP contribution in [-0.4, -0.2) is 28.1 Å². The summed E-state index contributed by atoms with van der Waals surface area (Å²) in [6.45, 7) is 4.70. The Labute approximate surface area is 124 Å². The van der Waals surface area contributed by atoms with Crippen LogP contribution in [0.4, 0.5) is 0 Å². The molecule has 2 heterocycles. The van der Waals surface area contributed by atoms with Crippen molar-refractivity contribution in [3.05, 3.63) is 47.1 Å². The number of rotatable bonds is 3. The predicted octanol–water partition coefficient (Wildman–Crippen LogP) is 2.63. The van der Waals surface area contributed by atoms with Crippen LogP contribution in [0.5, 0.6) is 0 Å². The molecule has 108 valence electrons. The minimum absolute atomic E-state index is 0.343. The Morgan fingerprint density at radius 1 is 1.48 bits per heavy atom. The van der Waals surface area contributed by atoms with Gasteiger partial charge in [-0.2, -0.15) is 10.2 Å². The van der Waals surface area contributed by atoms with E-state index in [9.17, 15) is 0 Å². The zero-order chi connectivity index (χ0) is 14.7. The second-order valence-electron chi connectivity index (χ2n) is 5.56. The van der Waals surface area contributed by atoms with Gasteiger partial charge < -0.3 is 4.52 Å². The summed E-state index contributed by atoms with van der Waals surface area (Å²) in [5.41, 5.74) is 1.90. The second-order valence-corrected chi connectivity index (χ2v) is 5.56. The SMILES string of the molecule is Cc1nc(C2CCCN(Cc3cccc(C#N)c3)C2)no1. The fraction of sp³-hybridized carbons (Fsp3) is 0.438. The summed E-state index contributed by atoms with van der Waals surface area (Å²) in [4.78, 5) is 6.75. The Morgan fingerprint density at radius 3 is 3.14 bits per heavy atom. The average molecular weight is 282 g/mol. The van der Waals surface area contributed by atoms with Gasteiger partial charge in [0.2, 0.25) is 5.89 Å². The average Bonchev–Trinajstić information content (AvgIpc) is 2.94. The lowest BCUT2D eigenvalue weighted by molar-refractivity contribution is 0.194. The van der Waals surface area contributed by atoms with Crippen molar-refractivity contribution in [1.82, 2.24) is 15.0 Å². The van der Waals surface area contributed by atoms with Gasteiger partial charge in [-0.3, -0.25) is 4.90 Å². The summed E-state index contributed by atoms with van der Waals surface area (Å²) in [5.74, 6) is 1.79. The molecule has 0 N–H and O–H groups in total. The summed E-state index contributed by atoms with van der Waals surface area (Å²) in [7, 11) is 0. The molecule has 0 aliphatic carbocycles. The first kappa shape index (κ1) is 13.8. The highest BCUT2D eigenvalue weighted by molar-refractivity contribution is 5.32. The highest BCUT2D eigenvalue weighted by Crippen LogP contribution is 2.25. The topological polar surface area (TPSA) is 66.0 Å². The number of hydrogen-bond acceptors (Lipinski definition) is 5. The summed E-state index contributed by atoms with van der Waals surface area (Å²) in [5, 5.41) is 13.0. The molecule has 0 bridgehead atoms. The predicted molar refractivity (Wildman–Crippen MR) is 77.4 cm³/mol. The highest BCUT2D eigenvalue weighted by Gasteiger charge is 2.24. The lowest BCUT2D eigenvalue weighted by atomic mass is 9.97. The summed E-state index contributed by atoms with van der Waals surface area (Å²) in [6.07, 6.45) is 2.24. The van der Waals surface area contributed by atoms with E-state index in [0.717, 1.165) is 43.9 Å². The number of aromatic nitrogens is 2. The smallest absolute Gasteiger partial charge is 0.223 e. The van der Waals surface area contributed by atoms with E-state index in [1.807, 2.05) is 25.1 Å². The monoisotopic (exact) mass is 282 g/mol. The first-order valence-corrected chi connectivity index (χ1v) is 7.26. The zero-order valence-electron chi connectivity index (χ0n) is 12.1. The van der Waals surface area contributed by atoms with Gasteiger partial charge in [-0.15, -0.1) is 0 Å². The normalized spacial score (nSPS) is 19.3. The molecule has 0 radical (unpaired) electrons. The third-order valence-electron chi connectivity index (χ3n) is 3.88. The first-order valence-electron chi connectivity index (χ1n) is 7.26. The fourth-order valence-electron chi connectivity index (χ4n) is 2.89. The van der Waals surface area contributed by atoms with Crippen molar-refractivity contribution >= 4 is 0 Å². The highest BCUT2D eigenvalue weighted by atomic mass is 16.5. The molecule has 0 amide bonds. The van der Waals surface area contributed by atoms with Crippen LogP contribution in [0.1, 0.15) is 41.6 Å². The van der Waals surface area contributed by atoms with E-state index in [1.165, 1.54) is 5.56 Å². The van der Waals surface area contributed by atoms with E-state index in [2.05, 4.69) is 27.2 Å². The van der Waals surface area contributed by atoms with E-state index in [4.69, 9.17) is 9.78 Å². The first-order chi connectivity index (χ1) is 10.2. The van der Waals surface area contributed by atoms with Gasteiger partial charge in [-0.1, -0.05) is 17.3 Å². The summed E-state index contributed by atoms with van der Waals surface area (Å²) >= 11 is 0. The third kappa shape index (κ3) is 3.29. The lowest BCUT2D eigenvalue weighted by Gasteiger charge is -2.31. The zero-order valence-corrected chi connectivity index (χ0v) is 12.1. The Morgan fingerprint density at radius 2 is 2.38 bits per heavy atom. The fourth-order valence-corrected chi connectivity index (χ4v) is 2.89. The van der Waals surface area contributed by atoms with Gasteiger partial charge in [-0.25, -0.2) is 0 Å². The molecule has 3 rings (SSSR count). The molecule has 1 atom stereocenters. The van der Waals surface area contributed by atoms with Crippen LogP contribution in [0, 0.1) is 18.3 Å². The lowest BCUT2D eigenvalue weighted by Crippen LogP contribution is -2.34. The quantitative estimate of drug-likeness (QED) is 0.865. The van der Waals surface area contributed by atoms with Crippen LogP contribution in [0.15, 0.2) is 28.8 Å². The van der Waals surface area contributed by atoms with Gasteiger partial charge >= 0.3 is 0 Å². The molecule has 1 aliphatic heterocycles. The maximum Gasteiger partial charge on any atom is 0.223 e. The van der Waals surface area contributed by atoms with Gasteiger partial charge in [0.25, 0.3) is 0 Å². The molecule has 1 unspecified atom stereocenters. The molecular weight excluding hydrogens is 264 g/mol. The van der Waals surface area contributed by atoms with Crippen LogP contribution in [0.25, 0.3) is 0 Å². The van der Waals surface area contributed by atoms with Crippen LogP contribution in [0.3, 0.4) is 0 Å². The molecule has 1 aromatic heterocycles. The Kier molecular flexibility index (Phi) is 3.98. The molecule has 1 aromatic carbocycles. The van der Waals surface area contributed by atoms with Gasteiger partial charge in [0, 0.05) is 25.9 Å². The van der Waals surface area contributed by atoms with Gasteiger partial charge in [0.05, 0.1) is 11.6 Å². The molecule has 1 fully saturated rings. The number of nitriles is 1. The number of likely N-dealkylation sites (tertiary alicyclic amines) is 1. The Balaban J connectivity index is 1.67. The van der Waals surface area contributed by atoms with E-state index in [0.29, 0.717) is 11.8 Å². The molecule has 5 nitrogen and oxygen atoms in total. The van der Waals surface area contributed by atoms with E-state index in [1.54, 1.807) is 0 Å². The largest absolute Gasteiger partial charge is 0.340 e. The Bertz CT molecular complexity index is 658.